The number of carbonyl (C=O) groups excluding carboxylic acids is 1. The van der Waals surface area contributed by atoms with Gasteiger partial charge in [-0.25, -0.2) is 0 Å². The fourth-order valence-corrected chi connectivity index (χ4v) is 1.51. The van der Waals surface area contributed by atoms with Crippen molar-refractivity contribution < 1.29 is 9.53 Å². The van der Waals surface area contributed by atoms with Crippen LogP contribution in [0.25, 0.3) is 0 Å². The van der Waals surface area contributed by atoms with Crippen molar-refractivity contribution in [2.24, 2.45) is 5.92 Å². The molecule has 2 nitrogen and oxygen atoms in total. The number of hydrogen-bond donors (Lipinski definition) is 0. The molecule has 0 fully saturated rings. The van der Waals surface area contributed by atoms with Crippen molar-refractivity contribution >= 4 is 5.78 Å². The number of carbonyl (C=O) groups is 1. The van der Waals surface area contributed by atoms with Crippen LogP contribution >= 0.6 is 0 Å². The van der Waals surface area contributed by atoms with Gasteiger partial charge in [-0.15, -0.1) is 0 Å². The van der Waals surface area contributed by atoms with Crippen LogP contribution in [0.5, 0.6) is 0 Å². The van der Waals surface area contributed by atoms with Crippen LogP contribution in [0.3, 0.4) is 0 Å². The van der Waals surface area contributed by atoms with E-state index in [9.17, 15) is 4.79 Å². The van der Waals surface area contributed by atoms with Gasteiger partial charge in [0, 0.05) is 18.4 Å². The second-order valence-electron chi connectivity index (χ2n) is 3.09. The summed E-state index contributed by atoms with van der Waals surface area (Å²) in [4.78, 5) is 11.4. The SMILES string of the molecule is CCOC1=CC(=O)C(CC)CC1. The van der Waals surface area contributed by atoms with E-state index >= 15 is 0 Å². The maximum Gasteiger partial charge on any atom is 0.162 e. The topological polar surface area (TPSA) is 26.3 Å². The zero-order chi connectivity index (χ0) is 8.97. The summed E-state index contributed by atoms with van der Waals surface area (Å²) < 4.78 is 5.29. The minimum Gasteiger partial charge on any atom is -0.498 e. The Morgan fingerprint density at radius 1 is 1.58 bits per heavy atom. The summed E-state index contributed by atoms with van der Waals surface area (Å²) in [5.41, 5.74) is 0. The summed E-state index contributed by atoms with van der Waals surface area (Å²) in [5.74, 6) is 1.36. The number of ketones is 1. The Morgan fingerprint density at radius 2 is 2.33 bits per heavy atom. The first kappa shape index (κ1) is 9.30. The molecule has 0 saturated carbocycles. The lowest BCUT2D eigenvalue weighted by atomic mass is 9.90. The van der Waals surface area contributed by atoms with Crippen LogP contribution < -0.4 is 0 Å². The van der Waals surface area contributed by atoms with E-state index in [-0.39, 0.29) is 11.7 Å². The summed E-state index contributed by atoms with van der Waals surface area (Å²) in [6, 6.07) is 0. The molecule has 0 aromatic rings. The molecule has 0 radical (unpaired) electrons. The highest BCUT2D eigenvalue weighted by molar-refractivity contribution is 5.92. The van der Waals surface area contributed by atoms with Crippen LogP contribution in [0, 0.1) is 5.92 Å². The molecule has 68 valence electrons. The lowest BCUT2D eigenvalue weighted by Crippen LogP contribution is -2.17. The maximum absolute atomic E-state index is 11.4. The van der Waals surface area contributed by atoms with Gasteiger partial charge in [-0.1, -0.05) is 6.92 Å². The van der Waals surface area contributed by atoms with Gasteiger partial charge in [0.05, 0.1) is 12.4 Å². The average Bonchev–Trinajstić information content (AvgIpc) is 2.05. The Balaban J connectivity index is 2.55. The van der Waals surface area contributed by atoms with E-state index in [1.165, 1.54) is 0 Å². The molecule has 0 heterocycles. The van der Waals surface area contributed by atoms with Crippen molar-refractivity contribution in [3.63, 3.8) is 0 Å². The molecule has 0 amide bonds. The van der Waals surface area contributed by atoms with E-state index in [0.717, 1.165) is 25.0 Å². The molecule has 0 aliphatic heterocycles. The van der Waals surface area contributed by atoms with Crippen molar-refractivity contribution in [1.29, 1.82) is 0 Å². The highest BCUT2D eigenvalue weighted by Crippen LogP contribution is 2.23. The summed E-state index contributed by atoms with van der Waals surface area (Å²) in [6.07, 6.45) is 4.51. The van der Waals surface area contributed by atoms with Gasteiger partial charge in [0.2, 0.25) is 0 Å². The first-order valence-corrected chi connectivity index (χ1v) is 4.65. The van der Waals surface area contributed by atoms with E-state index in [1.54, 1.807) is 6.08 Å². The normalized spacial score (nSPS) is 23.7. The molecule has 0 bridgehead atoms. The molecule has 2 heteroatoms. The summed E-state index contributed by atoms with van der Waals surface area (Å²) >= 11 is 0. The summed E-state index contributed by atoms with van der Waals surface area (Å²) in [5, 5.41) is 0. The van der Waals surface area contributed by atoms with Crippen molar-refractivity contribution in [3.05, 3.63) is 11.8 Å². The Hall–Kier alpha value is -0.790. The van der Waals surface area contributed by atoms with Crippen LogP contribution in [-0.2, 0) is 9.53 Å². The van der Waals surface area contributed by atoms with Gasteiger partial charge in [0.1, 0.15) is 0 Å². The molecule has 1 aliphatic rings. The smallest absolute Gasteiger partial charge is 0.162 e. The highest BCUT2D eigenvalue weighted by atomic mass is 16.5. The van der Waals surface area contributed by atoms with Crippen LogP contribution in [0.15, 0.2) is 11.8 Å². The summed E-state index contributed by atoms with van der Waals surface area (Å²) in [7, 11) is 0. The minimum absolute atomic E-state index is 0.243. The van der Waals surface area contributed by atoms with E-state index in [2.05, 4.69) is 6.92 Å². The number of ether oxygens (including phenoxy) is 1. The number of rotatable bonds is 3. The van der Waals surface area contributed by atoms with Crippen LogP contribution in [0.1, 0.15) is 33.1 Å². The van der Waals surface area contributed by atoms with Crippen LogP contribution in [-0.4, -0.2) is 12.4 Å². The number of hydrogen-bond acceptors (Lipinski definition) is 2. The van der Waals surface area contributed by atoms with E-state index in [4.69, 9.17) is 4.74 Å². The highest BCUT2D eigenvalue weighted by Gasteiger charge is 2.20. The Labute approximate surface area is 73.6 Å². The predicted molar refractivity (Wildman–Crippen MR) is 47.7 cm³/mol. The van der Waals surface area contributed by atoms with Gasteiger partial charge in [-0.2, -0.15) is 0 Å². The van der Waals surface area contributed by atoms with Crippen molar-refractivity contribution in [1.82, 2.24) is 0 Å². The molecule has 1 unspecified atom stereocenters. The maximum atomic E-state index is 11.4. The van der Waals surface area contributed by atoms with E-state index < -0.39 is 0 Å². The molecular weight excluding hydrogens is 152 g/mol. The standard InChI is InChI=1S/C10H16O2/c1-3-8-5-6-9(12-4-2)7-10(8)11/h7-8H,3-6H2,1-2H3. The zero-order valence-corrected chi connectivity index (χ0v) is 7.80. The van der Waals surface area contributed by atoms with Crippen LogP contribution in [0.4, 0.5) is 0 Å². The van der Waals surface area contributed by atoms with Gasteiger partial charge < -0.3 is 4.74 Å². The number of allylic oxidation sites excluding steroid dienone is 2. The third-order valence-corrected chi connectivity index (χ3v) is 2.27. The second-order valence-corrected chi connectivity index (χ2v) is 3.09. The summed E-state index contributed by atoms with van der Waals surface area (Å²) in [6.45, 7) is 4.66. The Morgan fingerprint density at radius 3 is 2.83 bits per heavy atom. The third kappa shape index (κ3) is 2.10. The molecule has 0 saturated heterocycles. The van der Waals surface area contributed by atoms with E-state index in [1.807, 2.05) is 6.92 Å². The Bertz CT molecular complexity index is 194. The Kier molecular flexibility index (Phi) is 3.32. The average molecular weight is 168 g/mol. The molecule has 1 aliphatic carbocycles. The van der Waals surface area contributed by atoms with Gasteiger partial charge in [-0.3, -0.25) is 4.79 Å². The fraction of sp³-hybridized carbons (Fsp3) is 0.700. The molecular formula is C10H16O2. The molecule has 0 N–H and O–H groups in total. The van der Waals surface area contributed by atoms with E-state index in [0.29, 0.717) is 6.61 Å². The minimum atomic E-state index is 0.243. The lowest BCUT2D eigenvalue weighted by Gasteiger charge is -2.18. The zero-order valence-electron chi connectivity index (χ0n) is 7.80. The molecule has 12 heavy (non-hydrogen) atoms. The molecule has 1 atom stereocenters. The first-order chi connectivity index (χ1) is 5.77. The van der Waals surface area contributed by atoms with Gasteiger partial charge in [0.25, 0.3) is 0 Å². The molecule has 0 aromatic heterocycles. The monoisotopic (exact) mass is 168 g/mol. The largest absolute Gasteiger partial charge is 0.498 e. The van der Waals surface area contributed by atoms with Gasteiger partial charge >= 0.3 is 0 Å². The fourth-order valence-electron chi connectivity index (χ4n) is 1.51. The first-order valence-electron chi connectivity index (χ1n) is 4.65. The van der Waals surface area contributed by atoms with Crippen LogP contribution in [0.2, 0.25) is 0 Å². The molecule has 0 spiro atoms. The lowest BCUT2D eigenvalue weighted by molar-refractivity contribution is -0.119. The van der Waals surface area contributed by atoms with Gasteiger partial charge in [0.15, 0.2) is 5.78 Å². The van der Waals surface area contributed by atoms with Crippen molar-refractivity contribution in [2.45, 2.75) is 33.1 Å². The van der Waals surface area contributed by atoms with Crippen molar-refractivity contribution in [3.8, 4) is 0 Å². The molecule has 1 rings (SSSR count). The van der Waals surface area contributed by atoms with Crippen molar-refractivity contribution in [2.75, 3.05) is 6.61 Å². The quantitative estimate of drug-likeness (QED) is 0.646. The van der Waals surface area contributed by atoms with Gasteiger partial charge in [-0.05, 0) is 19.8 Å². The third-order valence-electron chi connectivity index (χ3n) is 2.27. The second kappa shape index (κ2) is 4.29. The predicted octanol–water partition coefficient (Wildman–Crippen LogP) is 2.30. The molecule has 0 aromatic carbocycles.